The predicted octanol–water partition coefficient (Wildman–Crippen LogP) is 3.64. The molecule has 4 rings (SSSR count). The second-order valence-electron chi connectivity index (χ2n) is 5.78. The molecule has 3 aromatic rings. The van der Waals surface area contributed by atoms with Crippen molar-refractivity contribution in [2.75, 3.05) is 13.7 Å². The Morgan fingerprint density at radius 1 is 1.42 bits per heavy atom. The molecule has 1 atom stereocenters. The highest BCUT2D eigenvalue weighted by Crippen LogP contribution is 2.43. The van der Waals surface area contributed by atoms with E-state index in [9.17, 15) is 4.39 Å². The summed E-state index contributed by atoms with van der Waals surface area (Å²) in [5.74, 6) is 0.200. The third-order valence-electron chi connectivity index (χ3n) is 4.11. The van der Waals surface area contributed by atoms with Crippen LogP contribution in [0.1, 0.15) is 17.2 Å². The van der Waals surface area contributed by atoms with Gasteiger partial charge in [0.2, 0.25) is 5.88 Å². The monoisotopic (exact) mass is 375 g/mol. The molecular weight excluding hydrogens is 361 g/mol. The lowest BCUT2D eigenvalue weighted by Gasteiger charge is -2.28. The Morgan fingerprint density at radius 3 is 3.00 bits per heavy atom. The third kappa shape index (κ3) is 3.06. The van der Waals surface area contributed by atoms with Crippen LogP contribution >= 0.6 is 11.6 Å². The van der Waals surface area contributed by atoms with E-state index in [-0.39, 0.29) is 17.4 Å². The number of methoxy groups -OCH3 is 1. The molecule has 0 spiro atoms. The van der Waals surface area contributed by atoms with Crippen LogP contribution in [0.25, 0.3) is 0 Å². The van der Waals surface area contributed by atoms with Crippen LogP contribution in [-0.2, 0) is 6.54 Å². The van der Waals surface area contributed by atoms with Crippen LogP contribution < -0.4 is 14.2 Å². The van der Waals surface area contributed by atoms with Crippen LogP contribution in [0.4, 0.5) is 4.39 Å². The van der Waals surface area contributed by atoms with Gasteiger partial charge in [-0.1, -0.05) is 11.6 Å². The molecule has 1 aliphatic heterocycles. The molecule has 0 amide bonds. The highest BCUT2D eigenvalue weighted by atomic mass is 35.5. The van der Waals surface area contributed by atoms with Crippen molar-refractivity contribution < 1.29 is 18.6 Å². The minimum atomic E-state index is -0.634. The molecule has 0 bridgehead atoms. The predicted molar refractivity (Wildman–Crippen MR) is 92.4 cm³/mol. The van der Waals surface area contributed by atoms with Gasteiger partial charge in [0.05, 0.1) is 25.0 Å². The summed E-state index contributed by atoms with van der Waals surface area (Å²) in [5, 5.41) is 0.00885. The summed E-state index contributed by atoms with van der Waals surface area (Å²) in [6, 6.07) is 5.22. The molecule has 0 aliphatic carbocycles. The first-order valence-electron chi connectivity index (χ1n) is 7.91. The zero-order valence-corrected chi connectivity index (χ0v) is 14.6. The molecule has 1 aromatic carbocycles. The fraction of sp³-hybridized carbons (Fsp3) is 0.222. The smallest absolute Gasteiger partial charge is 0.212 e. The van der Waals surface area contributed by atoms with Crippen molar-refractivity contribution in [3.8, 4) is 17.4 Å². The Bertz CT molecular complexity index is 916. The minimum absolute atomic E-state index is 0.00885. The standard InChI is InChI=1S/C18H15ClFN3O3/c1-24-15-3-2-11(7-22-15)14-9-25-13-6-12(8-23-5-4-21-10-23)16(19)17(20)18(13)26-14/h2-7,10,14H,8-9H2,1H3. The molecule has 0 fully saturated rings. The summed E-state index contributed by atoms with van der Waals surface area (Å²) in [5.41, 5.74) is 1.35. The lowest BCUT2D eigenvalue weighted by molar-refractivity contribution is 0.0853. The first-order valence-corrected chi connectivity index (χ1v) is 8.29. The lowest BCUT2D eigenvalue weighted by Crippen LogP contribution is -2.23. The molecule has 26 heavy (non-hydrogen) atoms. The number of benzene rings is 1. The molecule has 0 radical (unpaired) electrons. The van der Waals surface area contributed by atoms with E-state index in [0.717, 1.165) is 5.56 Å². The number of aromatic nitrogens is 3. The molecule has 6 nitrogen and oxygen atoms in total. The number of rotatable bonds is 4. The number of imidazole rings is 1. The van der Waals surface area contributed by atoms with E-state index in [1.807, 2.05) is 0 Å². The highest BCUT2D eigenvalue weighted by Gasteiger charge is 2.28. The Balaban J connectivity index is 1.61. The van der Waals surface area contributed by atoms with Crippen molar-refractivity contribution >= 4 is 11.6 Å². The zero-order valence-electron chi connectivity index (χ0n) is 13.9. The fourth-order valence-electron chi connectivity index (χ4n) is 2.75. The SMILES string of the molecule is COc1ccc(C2COc3cc(Cn4ccnc4)c(Cl)c(F)c3O2)cn1. The van der Waals surface area contributed by atoms with Gasteiger partial charge in [0.25, 0.3) is 0 Å². The Kier molecular flexibility index (Phi) is 4.38. The maximum absolute atomic E-state index is 14.8. The van der Waals surface area contributed by atoms with E-state index < -0.39 is 11.9 Å². The van der Waals surface area contributed by atoms with Crippen LogP contribution in [0.5, 0.6) is 17.4 Å². The number of halogens is 2. The molecule has 3 heterocycles. The normalized spacial score (nSPS) is 15.7. The van der Waals surface area contributed by atoms with Crippen LogP contribution in [-0.4, -0.2) is 28.3 Å². The highest BCUT2D eigenvalue weighted by molar-refractivity contribution is 6.31. The Morgan fingerprint density at radius 2 is 2.31 bits per heavy atom. The molecule has 134 valence electrons. The van der Waals surface area contributed by atoms with Crippen molar-refractivity contribution in [3.05, 3.63) is 65.1 Å². The van der Waals surface area contributed by atoms with Crippen molar-refractivity contribution in [1.82, 2.24) is 14.5 Å². The van der Waals surface area contributed by atoms with Gasteiger partial charge >= 0.3 is 0 Å². The molecule has 2 aromatic heterocycles. The number of hydrogen-bond donors (Lipinski definition) is 0. The maximum Gasteiger partial charge on any atom is 0.212 e. The van der Waals surface area contributed by atoms with Crippen LogP contribution in [0.3, 0.4) is 0 Å². The Hall–Kier alpha value is -2.80. The average molecular weight is 376 g/mol. The lowest BCUT2D eigenvalue weighted by atomic mass is 10.1. The molecule has 0 saturated heterocycles. The van der Waals surface area contributed by atoms with Gasteiger partial charge in [-0.3, -0.25) is 0 Å². The van der Waals surface area contributed by atoms with E-state index in [1.165, 1.54) is 7.11 Å². The van der Waals surface area contributed by atoms with Gasteiger partial charge in [-0.2, -0.15) is 0 Å². The van der Waals surface area contributed by atoms with Crippen LogP contribution in [0.2, 0.25) is 5.02 Å². The summed E-state index contributed by atoms with van der Waals surface area (Å²) in [7, 11) is 1.54. The van der Waals surface area contributed by atoms with E-state index in [4.69, 9.17) is 25.8 Å². The van der Waals surface area contributed by atoms with Gasteiger partial charge < -0.3 is 18.8 Å². The van der Waals surface area contributed by atoms with Crippen molar-refractivity contribution in [3.63, 3.8) is 0 Å². The fourth-order valence-corrected chi connectivity index (χ4v) is 2.95. The number of ether oxygens (including phenoxy) is 3. The summed E-state index contributed by atoms with van der Waals surface area (Å²) in [4.78, 5) is 8.11. The molecule has 8 heteroatoms. The summed E-state index contributed by atoms with van der Waals surface area (Å²) < 4.78 is 33.2. The van der Waals surface area contributed by atoms with Crippen LogP contribution in [0, 0.1) is 5.82 Å². The number of hydrogen-bond acceptors (Lipinski definition) is 5. The van der Waals surface area contributed by atoms with Gasteiger partial charge in [0.15, 0.2) is 23.4 Å². The summed E-state index contributed by atoms with van der Waals surface area (Å²) in [6.07, 6.45) is 6.20. The molecule has 1 aliphatic rings. The van der Waals surface area contributed by atoms with Crippen molar-refractivity contribution in [2.24, 2.45) is 0 Å². The summed E-state index contributed by atoms with van der Waals surface area (Å²) in [6.45, 7) is 0.630. The van der Waals surface area contributed by atoms with Gasteiger partial charge in [-0.05, 0) is 17.7 Å². The quantitative estimate of drug-likeness (QED) is 0.696. The second kappa shape index (κ2) is 6.84. The largest absolute Gasteiger partial charge is 0.485 e. The van der Waals surface area contributed by atoms with E-state index >= 15 is 0 Å². The number of pyridine rings is 1. The zero-order chi connectivity index (χ0) is 18.1. The molecule has 1 unspecified atom stereocenters. The number of fused-ring (bicyclic) bond motifs is 1. The van der Waals surface area contributed by atoms with Crippen molar-refractivity contribution in [2.45, 2.75) is 12.6 Å². The van der Waals surface area contributed by atoms with Gasteiger partial charge in [0.1, 0.15) is 6.61 Å². The molecule has 0 N–H and O–H groups in total. The van der Waals surface area contributed by atoms with E-state index in [0.29, 0.717) is 23.7 Å². The topological polar surface area (TPSA) is 58.4 Å². The second-order valence-corrected chi connectivity index (χ2v) is 6.16. The van der Waals surface area contributed by atoms with Crippen molar-refractivity contribution in [1.29, 1.82) is 0 Å². The van der Waals surface area contributed by atoms with Gasteiger partial charge in [-0.15, -0.1) is 0 Å². The molecular formula is C18H15ClFN3O3. The van der Waals surface area contributed by atoms with E-state index in [1.54, 1.807) is 47.7 Å². The minimum Gasteiger partial charge on any atom is -0.485 e. The van der Waals surface area contributed by atoms with E-state index in [2.05, 4.69) is 9.97 Å². The maximum atomic E-state index is 14.8. The van der Waals surface area contributed by atoms with Gasteiger partial charge in [0, 0.05) is 30.2 Å². The van der Waals surface area contributed by atoms with Gasteiger partial charge in [-0.25, -0.2) is 14.4 Å². The first kappa shape index (κ1) is 16.7. The Labute approximate surface area is 154 Å². The van der Waals surface area contributed by atoms with Crippen LogP contribution in [0.15, 0.2) is 43.1 Å². The third-order valence-corrected chi connectivity index (χ3v) is 4.51. The first-order chi connectivity index (χ1) is 12.7. The average Bonchev–Trinajstić information content (AvgIpc) is 3.19. The summed E-state index contributed by atoms with van der Waals surface area (Å²) >= 11 is 6.21. The number of nitrogens with zero attached hydrogens (tertiary/aromatic N) is 3. The molecule has 0 saturated carbocycles.